The zero-order valence-corrected chi connectivity index (χ0v) is 11.3. The second-order valence-electron chi connectivity index (χ2n) is 7.87. The number of rotatable bonds is 1. The van der Waals surface area contributed by atoms with Gasteiger partial charge in [0, 0.05) is 0 Å². The maximum atomic E-state index is 2.55. The lowest BCUT2D eigenvalue weighted by atomic mass is 9.47. The number of fused-ring (bicyclic) bond motifs is 2. The number of hydrogen-bond acceptors (Lipinski definition) is 0. The molecule has 3 unspecified atom stereocenters. The maximum Gasteiger partial charge on any atom is -0.0287 e. The van der Waals surface area contributed by atoms with Crippen molar-refractivity contribution in [2.45, 2.75) is 73.1 Å². The average molecular weight is 208 g/mol. The van der Waals surface area contributed by atoms with Crippen molar-refractivity contribution in [1.29, 1.82) is 0 Å². The summed E-state index contributed by atoms with van der Waals surface area (Å²) in [4.78, 5) is 0. The van der Waals surface area contributed by atoms with E-state index in [0.29, 0.717) is 16.2 Å². The minimum Gasteiger partial charge on any atom is -0.0649 e. The van der Waals surface area contributed by atoms with Crippen LogP contribution < -0.4 is 0 Å². The SMILES string of the molecule is CCC12CC(C)CC(C)(CC(C)(C)C1)C2. The molecule has 0 aromatic heterocycles. The predicted octanol–water partition coefficient (Wildman–Crippen LogP) is 5.03. The van der Waals surface area contributed by atoms with Gasteiger partial charge in [-0.2, -0.15) is 0 Å². The van der Waals surface area contributed by atoms with Gasteiger partial charge in [0.15, 0.2) is 0 Å². The van der Waals surface area contributed by atoms with Crippen molar-refractivity contribution < 1.29 is 0 Å². The van der Waals surface area contributed by atoms with Crippen LogP contribution in [0.15, 0.2) is 0 Å². The molecule has 0 heterocycles. The second kappa shape index (κ2) is 3.25. The van der Waals surface area contributed by atoms with E-state index >= 15 is 0 Å². The van der Waals surface area contributed by atoms with Gasteiger partial charge >= 0.3 is 0 Å². The molecule has 15 heavy (non-hydrogen) atoms. The van der Waals surface area contributed by atoms with Gasteiger partial charge in [0.05, 0.1) is 0 Å². The summed E-state index contributed by atoms with van der Waals surface area (Å²) in [7, 11) is 0. The van der Waals surface area contributed by atoms with Gasteiger partial charge in [-0.3, -0.25) is 0 Å². The van der Waals surface area contributed by atoms with E-state index in [0.717, 1.165) is 5.92 Å². The van der Waals surface area contributed by atoms with Crippen molar-refractivity contribution in [3.05, 3.63) is 0 Å². The fourth-order valence-corrected chi connectivity index (χ4v) is 5.60. The Morgan fingerprint density at radius 1 is 1.00 bits per heavy atom. The van der Waals surface area contributed by atoms with E-state index in [-0.39, 0.29) is 0 Å². The molecule has 0 N–H and O–H groups in total. The molecule has 0 aliphatic heterocycles. The number of hydrogen-bond donors (Lipinski definition) is 0. The molecule has 2 fully saturated rings. The van der Waals surface area contributed by atoms with Crippen molar-refractivity contribution in [2.75, 3.05) is 0 Å². The summed E-state index contributed by atoms with van der Waals surface area (Å²) in [6.07, 6.45) is 8.78. The van der Waals surface area contributed by atoms with Crippen LogP contribution in [0.4, 0.5) is 0 Å². The Morgan fingerprint density at radius 3 is 2.27 bits per heavy atom. The first kappa shape index (κ1) is 11.5. The highest BCUT2D eigenvalue weighted by Gasteiger charge is 2.51. The largest absolute Gasteiger partial charge is 0.0649 e. The summed E-state index contributed by atoms with van der Waals surface area (Å²) in [5.41, 5.74) is 1.92. The molecule has 0 saturated heterocycles. The minimum absolute atomic E-state index is 0.586. The van der Waals surface area contributed by atoms with E-state index < -0.39 is 0 Å². The molecule has 2 aliphatic rings. The fraction of sp³-hybridized carbons (Fsp3) is 1.00. The van der Waals surface area contributed by atoms with E-state index in [1.54, 1.807) is 0 Å². The van der Waals surface area contributed by atoms with Crippen LogP contribution in [0, 0.1) is 22.2 Å². The zero-order valence-electron chi connectivity index (χ0n) is 11.3. The third-order valence-electron chi connectivity index (χ3n) is 4.93. The Kier molecular flexibility index (Phi) is 2.48. The first-order valence-corrected chi connectivity index (χ1v) is 6.78. The van der Waals surface area contributed by atoms with Crippen LogP contribution in [0.3, 0.4) is 0 Å². The van der Waals surface area contributed by atoms with Crippen molar-refractivity contribution in [3.8, 4) is 0 Å². The Balaban J connectivity index is 2.30. The van der Waals surface area contributed by atoms with Crippen LogP contribution in [0.25, 0.3) is 0 Å². The van der Waals surface area contributed by atoms with Gasteiger partial charge in [-0.1, -0.05) is 41.0 Å². The Labute approximate surface area is 95.8 Å². The van der Waals surface area contributed by atoms with Gasteiger partial charge < -0.3 is 0 Å². The van der Waals surface area contributed by atoms with Crippen LogP contribution in [0.2, 0.25) is 0 Å². The molecule has 0 amide bonds. The maximum absolute atomic E-state index is 2.55. The highest BCUT2D eigenvalue weighted by molar-refractivity contribution is 5.02. The Hall–Kier alpha value is 0. The standard InChI is InChI=1S/C15H28/c1-6-15-8-12(2)7-14(5,11-15)9-13(3,4)10-15/h12H,6-11H2,1-5H3. The van der Waals surface area contributed by atoms with Crippen LogP contribution in [0.1, 0.15) is 73.1 Å². The highest BCUT2D eigenvalue weighted by Crippen LogP contribution is 2.63. The molecular formula is C15H28. The van der Waals surface area contributed by atoms with Gasteiger partial charge in [0.2, 0.25) is 0 Å². The summed E-state index contributed by atoms with van der Waals surface area (Å²) in [5, 5.41) is 0. The normalized spacial score (nSPS) is 49.0. The molecular weight excluding hydrogens is 180 g/mol. The van der Waals surface area contributed by atoms with Gasteiger partial charge in [0.1, 0.15) is 0 Å². The quantitative estimate of drug-likeness (QED) is 0.567. The van der Waals surface area contributed by atoms with Gasteiger partial charge in [0.25, 0.3) is 0 Å². The molecule has 3 atom stereocenters. The van der Waals surface area contributed by atoms with E-state index in [4.69, 9.17) is 0 Å². The van der Waals surface area contributed by atoms with Crippen molar-refractivity contribution in [2.24, 2.45) is 22.2 Å². The average Bonchev–Trinajstić information content (AvgIpc) is 1.96. The topological polar surface area (TPSA) is 0 Å². The van der Waals surface area contributed by atoms with Crippen LogP contribution in [-0.2, 0) is 0 Å². The lowest BCUT2D eigenvalue weighted by molar-refractivity contribution is -0.0748. The summed E-state index contributed by atoms with van der Waals surface area (Å²) < 4.78 is 0. The molecule has 0 aromatic rings. The van der Waals surface area contributed by atoms with Gasteiger partial charge in [-0.15, -0.1) is 0 Å². The summed E-state index contributed by atoms with van der Waals surface area (Å²) in [5.74, 6) is 0.958. The molecule has 0 radical (unpaired) electrons. The summed E-state index contributed by atoms with van der Waals surface area (Å²) in [6.45, 7) is 12.4. The monoisotopic (exact) mass is 208 g/mol. The molecule has 2 rings (SSSR count). The van der Waals surface area contributed by atoms with Crippen molar-refractivity contribution >= 4 is 0 Å². The molecule has 88 valence electrons. The Morgan fingerprint density at radius 2 is 1.67 bits per heavy atom. The minimum atomic E-state index is 0.586. The smallest absolute Gasteiger partial charge is 0.0287 e. The van der Waals surface area contributed by atoms with E-state index in [2.05, 4.69) is 34.6 Å². The molecule has 0 aromatic carbocycles. The van der Waals surface area contributed by atoms with Crippen LogP contribution in [-0.4, -0.2) is 0 Å². The molecule has 2 saturated carbocycles. The lowest BCUT2D eigenvalue weighted by Gasteiger charge is -2.58. The summed E-state index contributed by atoms with van der Waals surface area (Å²) in [6, 6.07) is 0. The summed E-state index contributed by atoms with van der Waals surface area (Å²) >= 11 is 0. The second-order valence-corrected chi connectivity index (χ2v) is 7.87. The van der Waals surface area contributed by atoms with E-state index in [1.165, 1.54) is 38.5 Å². The molecule has 2 bridgehead atoms. The first-order valence-electron chi connectivity index (χ1n) is 6.78. The fourth-order valence-electron chi connectivity index (χ4n) is 5.60. The third kappa shape index (κ3) is 2.10. The molecule has 2 aliphatic carbocycles. The van der Waals surface area contributed by atoms with E-state index in [1.807, 2.05) is 0 Å². The van der Waals surface area contributed by atoms with Crippen molar-refractivity contribution in [1.82, 2.24) is 0 Å². The zero-order chi connectivity index (χ0) is 11.3. The van der Waals surface area contributed by atoms with E-state index in [9.17, 15) is 0 Å². The predicted molar refractivity (Wildman–Crippen MR) is 66.9 cm³/mol. The van der Waals surface area contributed by atoms with Gasteiger partial charge in [-0.25, -0.2) is 0 Å². The third-order valence-corrected chi connectivity index (χ3v) is 4.93. The molecule has 0 heteroatoms. The molecule has 0 nitrogen and oxygen atoms in total. The van der Waals surface area contributed by atoms with Crippen LogP contribution >= 0.6 is 0 Å². The van der Waals surface area contributed by atoms with Crippen molar-refractivity contribution in [3.63, 3.8) is 0 Å². The Bertz CT molecular complexity index is 249. The highest BCUT2D eigenvalue weighted by atomic mass is 14.6. The van der Waals surface area contributed by atoms with Crippen LogP contribution in [0.5, 0.6) is 0 Å². The lowest BCUT2D eigenvalue weighted by Crippen LogP contribution is -2.47. The van der Waals surface area contributed by atoms with Gasteiger partial charge in [-0.05, 0) is 54.3 Å². The molecule has 0 spiro atoms. The first-order chi connectivity index (χ1) is 6.78.